The molecule has 0 aliphatic carbocycles. The van der Waals surface area contributed by atoms with Crippen LogP contribution in [0.4, 0.5) is 11.4 Å². The third-order valence-electron chi connectivity index (χ3n) is 4.54. The van der Waals surface area contributed by atoms with Crippen LogP contribution in [-0.2, 0) is 9.59 Å². The number of aryl methyl sites for hydroxylation is 1. The molecule has 7 heteroatoms. The fourth-order valence-electron chi connectivity index (χ4n) is 3.02. The van der Waals surface area contributed by atoms with Crippen molar-refractivity contribution in [2.75, 3.05) is 10.6 Å². The average molecular weight is 423 g/mol. The van der Waals surface area contributed by atoms with Crippen molar-refractivity contribution in [1.82, 2.24) is 0 Å². The van der Waals surface area contributed by atoms with Gasteiger partial charge < -0.3 is 20.1 Å². The lowest BCUT2D eigenvalue weighted by Crippen LogP contribution is -2.39. The smallest absolute Gasteiger partial charge is 0.266 e. The monoisotopic (exact) mass is 422 g/mol. The minimum atomic E-state index is -0.930. The van der Waals surface area contributed by atoms with E-state index in [1.54, 1.807) is 42.5 Å². The largest absolute Gasteiger partial charge is 0.478 e. The van der Waals surface area contributed by atoms with E-state index in [0.29, 0.717) is 33.6 Å². The van der Waals surface area contributed by atoms with Crippen molar-refractivity contribution in [1.29, 1.82) is 0 Å². The number of carbonyl (C=O) groups is 2. The zero-order valence-corrected chi connectivity index (χ0v) is 16.9. The summed E-state index contributed by atoms with van der Waals surface area (Å²) in [7, 11) is 0. The Hall–Kier alpha value is -3.51. The number of amides is 2. The minimum absolute atomic E-state index is 0.156. The van der Waals surface area contributed by atoms with E-state index in [9.17, 15) is 9.59 Å². The highest BCUT2D eigenvalue weighted by atomic mass is 35.5. The SMILES string of the molecule is Cc1ccc(Oc2ccc(Cl)cc2NC(=O)C[C@H]2Oc3ccccc3NC2=O)cc1. The molecule has 4 rings (SSSR count). The first-order chi connectivity index (χ1) is 14.5. The minimum Gasteiger partial charge on any atom is -0.478 e. The number of fused-ring (bicyclic) bond motifs is 1. The van der Waals surface area contributed by atoms with E-state index < -0.39 is 12.0 Å². The molecule has 1 aliphatic rings. The molecule has 0 spiro atoms. The Morgan fingerprint density at radius 2 is 1.90 bits per heavy atom. The first kappa shape index (κ1) is 19.8. The molecule has 0 unspecified atom stereocenters. The Kier molecular flexibility index (Phi) is 5.59. The highest BCUT2D eigenvalue weighted by Crippen LogP contribution is 2.33. The van der Waals surface area contributed by atoms with Crippen LogP contribution in [-0.4, -0.2) is 17.9 Å². The maximum absolute atomic E-state index is 12.6. The number of para-hydroxylation sites is 2. The number of rotatable bonds is 5. The van der Waals surface area contributed by atoms with Crippen LogP contribution in [0.25, 0.3) is 0 Å². The van der Waals surface area contributed by atoms with Crippen LogP contribution < -0.4 is 20.1 Å². The van der Waals surface area contributed by atoms with E-state index in [1.165, 1.54) is 0 Å². The summed E-state index contributed by atoms with van der Waals surface area (Å²) in [5.74, 6) is 0.832. The van der Waals surface area contributed by atoms with Crippen molar-refractivity contribution in [3.8, 4) is 17.2 Å². The first-order valence-corrected chi connectivity index (χ1v) is 9.76. The molecule has 6 nitrogen and oxygen atoms in total. The molecule has 1 heterocycles. The van der Waals surface area contributed by atoms with Gasteiger partial charge in [0.2, 0.25) is 5.91 Å². The van der Waals surface area contributed by atoms with Gasteiger partial charge in [0.15, 0.2) is 11.9 Å². The number of hydrogen-bond donors (Lipinski definition) is 2. The number of ether oxygens (including phenoxy) is 2. The van der Waals surface area contributed by atoms with Gasteiger partial charge in [-0.25, -0.2) is 0 Å². The maximum Gasteiger partial charge on any atom is 0.266 e. The Labute approximate surface area is 178 Å². The van der Waals surface area contributed by atoms with Crippen LogP contribution >= 0.6 is 11.6 Å². The van der Waals surface area contributed by atoms with Gasteiger partial charge in [-0.15, -0.1) is 0 Å². The molecule has 2 N–H and O–H groups in total. The molecule has 0 bridgehead atoms. The number of hydrogen-bond acceptors (Lipinski definition) is 4. The van der Waals surface area contributed by atoms with Gasteiger partial charge in [0.05, 0.1) is 17.8 Å². The van der Waals surface area contributed by atoms with Crippen molar-refractivity contribution in [3.05, 3.63) is 77.3 Å². The van der Waals surface area contributed by atoms with Crippen molar-refractivity contribution in [2.24, 2.45) is 0 Å². The lowest BCUT2D eigenvalue weighted by Gasteiger charge is -2.25. The van der Waals surface area contributed by atoms with Gasteiger partial charge in [-0.2, -0.15) is 0 Å². The van der Waals surface area contributed by atoms with E-state index in [0.717, 1.165) is 5.56 Å². The summed E-state index contributed by atoms with van der Waals surface area (Å²) in [6, 6.07) is 19.6. The zero-order valence-electron chi connectivity index (χ0n) is 16.1. The van der Waals surface area contributed by atoms with Gasteiger partial charge >= 0.3 is 0 Å². The lowest BCUT2D eigenvalue weighted by molar-refractivity contribution is -0.128. The average Bonchev–Trinajstić information content (AvgIpc) is 2.72. The summed E-state index contributed by atoms with van der Waals surface area (Å²) >= 11 is 6.10. The Morgan fingerprint density at radius 1 is 1.13 bits per heavy atom. The van der Waals surface area contributed by atoms with Crippen LogP contribution in [0.15, 0.2) is 66.7 Å². The van der Waals surface area contributed by atoms with Crippen LogP contribution in [0.5, 0.6) is 17.2 Å². The molecule has 152 valence electrons. The number of anilines is 2. The second-order valence-electron chi connectivity index (χ2n) is 6.90. The molecular formula is C23H19ClN2O4. The van der Waals surface area contributed by atoms with Gasteiger partial charge in [-0.3, -0.25) is 9.59 Å². The van der Waals surface area contributed by atoms with E-state index >= 15 is 0 Å². The Bertz CT molecular complexity index is 1100. The van der Waals surface area contributed by atoms with Gasteiger partial charge in [0.25, 0.3) is 5.91 Å². The third-order valence-corrected chi connectivity index (χ3v) is 4.78. The Balaban J connectivity index is 1.47. The van der Waals surface area contributed by atoms with Crippen LogP contribution in [0.2, 0.25) is 5.02 Å². The molecule has 3 aromatic carbocycles. The maximum atomic E-state index is 12.6. The quantitative estimate of drug-likeness (QED) is 0.594. The fourth-order valence-corrected chi connectivity index (χ4v) is 3.19. The van der Waals surface area contributed by atoms with Crippen molar-refractivity contribution >= 4 is 34.8 Å². The predicted octanol–water partition coefficient (Wildman–Crippen LogP) is 5.17. The highest BCUT2D eigenvalue weighted by Gasteiger charge is 2.29. The number of nitrogens with one attached hydrogen (secondary N) is 2. The second kappa shape index (κ2) is 8.47. The van der Waals surface area contributed by atoms with Crippen molar-refractivity contribution in [3.63, 3.8) is 0 Å². The first-order valence-electron chi connectivity index (χ1n) is 9.38. The van der Waals surface area contributed by atoms with Gasteiger partial charge in [0, 0.05) is 5.02 Å². The molecule has 0 radical (unpaired) electrons. The lowest BCUT2D eigenvalue weighted by atomic mass is 10.1. The van der Waals surface area contributed by atoms with E-state index in [-0.39, 0.29) is 12.3 Å². The molecule has 0 fully saturated rings. The van der Waals surface area contributed by atoms with Crippen LogP contribution in [0, 0.1) is 6.92 Å². The molecule has 3 aromatic rings. The molecule has 1 aliphatic heterocycles. The van der Waals surface area contributed by atoms with E-state index in [1.807, 2.05) is 31.2 Å². The molecule has 1 atom stereocenters. The van der Waals surface area contributed by atoms with Gasteiger partial charge in [0.1, 0.15) is 11.5 Å². The summed E-state index contributed by atoms with van der Waals surface area (Å²) in [5, 5.41) is 5.96. The topological polar surface area (TPSA) is 76.7 Å². The summed E-state index contributed by atoms with van der Waals surface area (Å²) in [5.41, 5.74) is 2.10. The van der Waals surface area contributed by atoms with Crippen molar-refractivity contribution < 1.29 is 19.1 Å². The zero-order chi connectivity index (χ0) is 21.1. The fraction of sp³-hybridized carbons (Fsp3) is 0.130. The second-order valence-corrected chi connectivity index (χ2v) is 7.34. The number of benzene rings is 3. The Morgan fingerprint density at radius 3 is 2.70 bits per heavy atom. The normalized spacial score (nSPS) is 14.9. The van der Waals surface area contributed by atoms with Crippen LogP contribution in [0.3, 0.4) is 0 Å². The summed E-state index contributed by atoms with van der Waals surface area (Å²) in [6.45, 7) is 1.99. The van der Waals surface area contributed by atoms with Crippen LogP contribution in [0.1, 0.15) is 12.0 Å². The van der Waals surface area contributed by atoms with Gasteiger partial charge in [-0.05, 0) is 49.4 Å². The summed E-state index contributed by atoms with van der Waals surface area (Å²) in [6.07, 6.45) is -1.09. The van der Waals surface area contributed by atoms with Crippen molar-refractivity contribution in [2.45, 2.75) is 19.4 Å². The van der Waals surface area contributed by atoms with E-state index in [4.69, 9.17) is 21.1 Å². The third kappa shape index (κ3) is 4.55. The summed E-state index contributed by atoms with van der Waals surface area (Å²) in [4.78, 5) is 24.9. The predicted molar refractivity (Wildman–Crippen MR) is 115 cm³/mol. The standard InChI is InChI=1S/C23H19ClN2O4/c1-14-6-9-16(10-7-14)29-20-11-8-15(24)12-18(20)25-22(27)13-21-23(28)26-17-4-2-3-5-19(17)30-21/h2-12,21H,13H2,1H3,(H,25,27)(H,26,28)/t21-/m1/s1. The molecule has 0 saturated heterocycles. The number of carbonyl (C=O) groups excluding carboxylic acids is 2. The molecule has 30 heavy (non-hydrogen) atoms. The molecule has 0 saturated carbocycles. The molecular weight excluding hydrogens is 404 g/mol. The summed E-state index contributed by atoms with van der Waals surface area (Å²) < 4.78 is 11.6. The molecule has 2 amide bonds. The van der Waals surface area contributed by atoms with Gasteiger partial charge in [-0.1, -0.05) is 41.4 Å². The molecule has 0 aromatic heterocycles. The number of halogens is 1. The highest BCUT2D eigenvalue weighted by molar-refractivity contribution is 6.31. The van der Waals surface area contributed by atoms with E-state index in [2.05, 4.69) is 10.6 Å².